The molecule has 1 saturated heterocycles. The number of carbonyl (C=O) groups is 10. The fourth-order valence-electron chi connectivity index (χ4n) is 13.3. The summed E-state index contributed by atoms with van der Waals surface area (Å²) in [5, 5.41) is 38.6. The second-order valence-electron chi connectivity index (χ2n) is 28.6. The molecule has 1 fully saturated rings. The van der Waals surface area contributed by atoms with Gasteiger partial charge in [-0.1, -0.05) is 100 Å². The van der Waals surface area contributed by atoms with E-state index in [4.69, 9.17) is 19.6 Å². The molecule has 3 aliphatic heterocycles. The van der Waals surface area contributed by atoms with Gasteiger partial charge in [-0.25, -0.2) is 14.7 Å². The number of thioether (sulfide) groups is 1. The summed E-state index contributed by atoms with van der Waals surface area (Å²) in [6, 6.07) is 16.9. The monoisotopic (exact) mass is 1520 g/mol. The molecule has 1 aromatic heterocycles. The van der Waals surface area contributed by atoms with Crippen molar-refractivity contribution in [3.8, 4) is 39.7 Å². The van der Waals surface area contributed by atoms with Crippen LogP contribution in [0.4, 0.5) is 5.69 Å². The third kappa shape index (κ3) is 23.8. The number of primary amides is 1. The molecule has 0 spiro atoms. The number of nitrogens with zero attached hydrogens (tertiary/aromatic N) is 6. The predicted octanol–water partition coefficient (Wildman–Crippen LogP) is 9.34. The summed E-state index contributed by atoms with van der Waals surface area (Å²) >= 11 is 0.913. The van der Waals surface area contributed by atoms with Crippen LogP contribution in [0.25, 0.3) is 33.4 Å². The number of aromatic carboxylic acids is 1. The number of carbonyl (C=O) groups excluding carboxylic acids is 8. The van der Waals surface area contributed by atoms with E-state index in [1.165, 1.54) is 59.5 Å². The Kier molecular flexibility index (Phi) is 30.2. The first-order valence-corrected chi connectivity index (χ1v) is 37.6. The number of ether oxygens (including phenoxy) is 2. The van der Waals surface area contributed by atoms with Crippen molar-refractivity contribution in [3.63, 3.8) is 0 Å². The molecule has 0 bridgehead atoms. The van der Waals surface area contributed by atoms with E-state index in [2.05, 4.69) is 34.8 Å². The molecular weight excluding hydrogens is 1420 g/mol. The molecule has 4 aromatic rings. The first-order chi connectivity index (χ1) is 51.8. The van der Waals surface area contributed by atoms with Gasteiger partial charge in [0.25, 0.3) is 0 Å². The Hall–Kier alpha value is -10.9. The molecule has 109 heavy (non-hydrogen) atoms. The van der Waals surface area contributed by atoms with Crippen LogP contribution in [-0.4, -0.2) is 175 Å². The molecule has 1 aliphatic carbocycles. The third-order valence-electron chi connectivity index (χ3n) is 18.7. The van der Waals surface area contributed by atoms with E-state index in [0.29, 0.717) is 67.8 Å². The molecular formula is C81H100N10O17S. The number of carboxylic acids is 2. The van der Waals surface area contributed by atoms with Crippen molar-refractivity contribution in [1.82, 2.24) is 40.2 Å². The van der Waals surface area contributed by atoms with E-state index in [-0.39, 0.29) is 127 Å². The number of amides is 8. The van der Waals surface area contributed by atoms with Crippen LogP contribution >= 0.6 is 11.8 Å². The van der Waals surface area contributed by atoms with Crippen LogP contribution in [0.2, 0.25) is 0 Å². The van der Waals surface area contributed by atoms with Gasteiger partial charge >= 0.3 is 11.9 Å². The highest BCUT2D eigenvalue weighted by molar-refractivity contribution is 8.00. The Labute approximate surface area is 638 Å². The zero-order valence-electron chi connectivity index (χ0n) is 63.5. The van der Waals surface area contributed by atoms with Gasteiger partial charge in [-0.2, -0.15) is 0 Å². The Balaban J connectivity index is 0.810. The topological polar surface area (TPSA) is 373 Å². The summed E-state index contributed by atoms with van der Waals surface area (Å²) in [5.74, 6) is -7.12. The summed E-state index contributed by atoms with van der Waals surface area (Å²) in [4.78, 5) is 157. The van der Waals surface area contributed by atoms with Gasteiger partial charge in [0.1, 0.15) is 23.1 Å². The SMILES string of the molecule is C/C(=C\[C@@H](C)C(=O)N(CCCn1ccnc1)C/C(C)=C/[C@@H](C)C(=O)N(CCC(C)C)C/C(C)=C/[C@H](C)C(=O)N(CCC(=O)O)C/C(C)=C/[C@@H](C)C(=O)NCCCC(=O)N[C@@H](CSC1CC(=O)N(c2ccc(-c3c4ccc(=O)cc-4oc4cc(O)ccc34)c(C(=O)O)c2)C1=O)C(N)=O)CNCc1ccc2c(c1)OCO2. The maximum Gasteiger partial charge on any atom is 0.336 e. The minimum absolute atomic E-state index is 0.0158. The predicted molar refractivity (Wildman–Crippen MR) is 414 cm³/mol. The second kappa shape index (κ2) is 39.3. The number of fused-ring (bicyclic) bond motifs is 3. The number of aromatic hydroxyl groups is 1. The van der Waals surface area contributed by atoms with E-state index in [1.807, 2.05) is 80.6 Å². The number of hydrogen-bond donors (Lipinski definition) is 7. The second-order valence-corrected chi connectivity index (χ2v) is 29.9. The maximum absolute atomic E-state index is 14.5. The number of aryl methyl sites for hydroxylation is 1. The molecule has 8 rings (SSSR count). The molecule has 6 atom stereocenters. The van der Waals surface area contributed by atoms with Crippen molar-refractivity contribution < 1.29 is 77.2 Å². The van der Waals surface area contributed by atoms with Crippen LogP contribution in [-0.2, 0) is 56.2 Å². The number of anilines is 1. The number of nitrogens with two attached hydrogens (primary N) is 1. The van der Waals surface area contributed by atoms with Crippen LogP contribution in [0, 0.1) is 29.6 Å². The zero-order valence-corrected chi connectivity index (χ0v) is 64.3. The molecule has 3 aromatic carbocycles. The average Bonchev–Trinajstić information content (AvgIpc) is 1.54. The summed E-state index contributed by atoms with van der Waals surface area (Å²) in [7, 11) is 0. The van der Waals surface area contributed by atoms with Crippen LogP contribution in [0.3, 0.4) is 0 Å². The molecule has 4 heterocycles. The molecule has 28 heteroatoms. The third-order valence-corrected chi connectivity index (χ3v) is 20.0. The number of benzene rings is 4. The minimum atomic E-state index is -1.39. The highest BCUT2D eigenvalue weighted by atomic mass is 32.2. The quantitative estimate of drug-likeness (QED) is 0.00814. The summed E-state index contributed by atoms with van der Waals surface area (Å²) in [6.07, 6.45) is 13.5. The lowest BCUT2D eigenvalue weighted by molar-refractivity contribution is -0.139. The van der Waals surface area contributed by atoms with Crippen LogP contribution in [0.15, 0.2) is 147 Å². The number of carboxylic acid groups (broad SMARTS) is 2. The number of aliphatic carboxylic acids is 1. The van der Waals surface area contributed by atoms with E-state index in [0.717, 1.165) is 56.9 Å². The normalized spacial score (nSPS) is 15.4. The zero-order chi connectivity index (χ0) is 79.3. The van der Waals surface area contributed by atoms with Gasteiger partial charge in [0.05, 0.1) is 52.9 Å². The van der Waals surface area contributed by atoms with Gasteiger partial charge in [0.2, 0.25) is 54.1 Å². The number of phenolic OH excluding ortho intramolecular Hbond substituents is 1. The van der Waals surface area contributed by atoms with E-state index >= 15 is 0 Å². The molecule has 0 saturated carbocycles. The van der Waals surface area contributed by atoms with E-state index < -0.39 is 76.4 Å². The van der Waals surface area contributed by atoms with Gasteiger partial charge in [-0.15, -0.1) is 11.8 Å². The van der Waals surface area contributed by atoms with E-state index in [9.17, 15) is 68.1 Å². The first kappa shape index (κ1) is 83.8. The number of rotatable bonds is 40. The molecule has 1 unspecified atom stereocenters. The van der Waals surface area contributed by atoms with Gasteiger partial charge < -0.3 is 70.2 Å². The van der Waals surface area contributed by atoms with Crippen molar-refractivity contribution in [3.05, 3.63) is 159 Å². The van der Waals surface area contributed by atoms with Crippen LogP contribution in [0.5, 0.6) is 17.2 Å². The number of hydrogen-bond acceptors (Lipinski definition) is 18. The minimum Gasteiger partial charge on any atom is -0.508 e. The standard InChI is InChI=1S/C81H100N10O17S/c1-48(2)22-28-89(78(101)55(9)33-51(5)42-88(27-12-26-87-30-25-83-46-87)77(100)54(8)31-49(3)40-84-41-57-14-21-66-69(35-57)107-47-106-66)44-52(6)34-56(10)79(102)90(29-23-73(96)97)43-50(4)32-53(7)76(99)85-24-11-13-71(94)86-65(75(82)98)45-109-70-39-72(95)91(80(70)103)58-15-18-61(64(36-58)81(104)105)74-62-19-16-59(92)37-67(62)108-68-38-60(93)17-20-63(68)74/h14-21,25,30-38,46,48,53-56,65,70,84,92H,11-13,22-24,26-29,39-45,47H2,1-10H3,(H2,82,98)(H,85,99)(H,86,94)(H,96,97)(H,104,105)/b49-31+,50-32+,51-33+,52-34+/t53-,54-,55-,56+,65+,70?/m1/s1. The highest BCUT2D eigenvalue weighted by Gasteiger charge is 2.41. The first-order valence-electron chi connectivity index (χ1n) is 36.6. The Morgan fingerprint density at radius 3 is 1.97 bits per heavy atom. The average molecular weight is 1520 g/mol. The Morgan fingerprint density at radius 1 is 0.706 bits per heavy atom. The number of nitrogens with one attached hydrogen (secondary N) is 3. The van der Waals surface area contributed by atoms with Crippen molar-refractivity contribution >= 4 is 87.6 Å². The van der Waals surface area contributed by atoms with Crippen LogP contribution < -0.4 is 41.5 Å². The molecule has 582 valence electrons. The fraction of sp³-hybridized carbons (Fsp3) is 0.432. The van der Waals surface area contributed by atoms with Gasteiger partial charge in [0.15, 0.2) is 16.9 Å². The lowest BCUT2D eigenvalue weighted by Crippen LogP contribution is -2.46. The van der Waals surface area contributed by atoms with Gasteiger partial charge in [0, 0.05) is 125 Å². The highest BCUT2D eigenvalue weighted by Crippen LogP contribution is 2.44. The summed E-state index contributed by atoms with van der Waals surface area (Å²) < 4.78 is 18.9. The molecule has 0 radical (unpaired) electrons. The fourth-order valence-corrected chi connectivity index (χ4v) is 14.4. The van der Waals surface area contributed by atoms with E-state index in [1.54, 1.807) is 50.3 Å². The summed E-state index contributed by atoms with van der Waals surface area (Å²) in [6.45, 7) is 22.3. The smallest absolute Gasteiger partial charge is 0.336 e. The maximum atomic E-state index is 14.5. The van der Waals surface area contributed by atoms with Gasteiger partial charge in [-0.3, -0.25) is 47.9 Å². The van der Waals surface area contributed by atoms with Crippen molar-refractivity contribution in [2.45, 2.75) is 132 Å². The van der Waals surface area contributed by atoms with Crippen LogP contribution in [0.1, 0.15) is 124 Å². The molecule has 8 N–H and O–H groups in total. The molecule has 8 amide bonds. The molecule has 4 aliphatic rings. The van der Waals surface area contributed by atoms with Crippen molar-refractivity contribution in [2.75, 3.05) is 69.8 Å². The lowest BCUT2D eigenvalue weighted by Gasteiger charge is -2.28. The van der Waals surface area contributed by atoms with Crippen molar-refractivity contribution in [1.29, 1.82) is 0 Å². The lowest BCUT2D eigenvalue weighted by atomic mass is 9.90. The number of imide groups is 1. The number of phenols is 1. The van der Waals surface area contributed by atoms with Crippen molar-refractivity contribution in [2.24, 2.45) is 35.3 Å². The Bertz CT molecular complexity index is 4490. The number of aromatic nitrogens is 2. The van der Waals surface area contributed by atoms with Gasteiger partial charge in [-0.05, 0) is 113 Å². The summed E-state index contributed by atoms with van der Waals surface area (Å²) in [5.41, 5.74) is 10.4. The Morgan fingerprint density at radius 2 is 1.34 bits per heavy atom. The molecule has 27 nitrogen and oxygen atoms in total. The largest absolute Gasteiger partial charge is 0.508 e. The number of imidazole rings is 1.